The minimum Gasteiger partial charge on any atom is -0.488 e. The molecule has 0 saturated carbocycles. The van der Waals surface area contributed by atoms with Crippen molar-refractivity contribution in [1.82, 2.24) is 9.78 Å². The summed E-state index contributed by atoms with van der Waals surface area (Å²) in [7, 11) is 0. The van der Waals surface area contributed by atoms with Crippen molar-refractivity contribution in [3.05, 3.63) is 83.6 Å². The smallest absolute Gasteiger partial charge is 0.416 e. The molecule has 0 saturated heterocycles. The van der Waals surface area contributed by atoms with Gasteiger partial charge in [-0.25, -0.2) is 0 Å². The average Bonchev–Trinajstić information content (AvgIpc) is 3.23. The van der Waals surface area contributed by atoms with E-state index in [1.54, 1.807) is 12.3 Å². The predicted molar refractivity (Wildman–Crippen MR) is 123 cm³/mol. The fourth-order valence-corrected chi connectivity index (χ4v) is 3.79. The third-order valence-corrected chi connectivity index (χ3v) is 5.60. The molecule has 3 aromatic carbocycles. The van der Waals surface area contributed by atoms with Crippen LogP contribution in [0.2, 0.25) is 0 Å². The molecule has 1 N–H and O–H groups in total. The monoisotopic (exact) mass is 468 g/mol. The standard InChI is InChI=1S/C26H23F3N2O3/c1-2-31-23-10-7-19(14-20(23)15-30-31)22-13-17(6-12-25(32)33)5-11-24(22)34-16-18-3-8-21(9-4-18)26(27,28)29/h3-5,7-11,13-15H,2,6,12,16H2,1H3,(H,32,33). The SMILES string of the molecule is CCn1ncc2cc(-c3cc(CCC(=O)O)ccc3OCc3ccc(C(F)(F)F)cc3)ccc21. The van der Waals surface area contributed by atoms with Crippen LogP contribution in [-0.2, 0) is 30.5 Å². The normalized spacial score (nSPS) is 11.6. The number of rotatable bonds is 8. The molecular weight excluding hydrogens is 445 g/mol. The number of nitrogens with zero attached hydrogens (tertiary/aromatic N) is 2. The predicted octanol–water partition coefficient (Wildman–Crippen LogP) is 6.34. The summed E-state index contributed by atoms with van der Waals surface area (Å²) in [5.74, 6) is -0.321. The van der Waals surface area contributed by atoms with Crippen LogP contribution < -0.4 is 4.74 Å². The van der Waals surface area contributed by atoms with Gasteiger partial charge in [0.2, 0.25) is 0 Å². The van der Waals surface area contributed by atoms with E-state index in [0.717, 1.165) is 46.3 Å². The maximum Gasteiger partial charge on any atom is 0.416 e. The van der Waals surface area contributed by atoms with Gasteiger partial charge in [-0.1, -0.05) is 24.3 Å². The zero-order chi connectivity index (χ0) is 24.3. The van der Waals surface area contributed by atoms with Crippen molar-refractivity contribution in [2.45, 2.75) is 39.1 Å². The van der Waals surface area contributed by atoms with E-state index < -0.39 is 17.7 Å². The number of aliphatic carboxylic acids is 1. The molecule has 0 radical (unpaired) electrons. The van der Waals surface area contributed by atoms with Gasteiger partial charge in [0.15, 0.2) is 0 Å². The Bertz CT molecular complexity index is 1310. The number of fused-ring (bicyclic) bond motifs is 1. The van der Waals surface area contributed by atoms with Crippen molar-refractivity contribution >= 4 is 16.9 Å². The highest BCUT2D eigenvalue weighted by atomic mass is 19.4. The molecule has 0 aliphatic heterocycles. The van der Waals surface area contributed by atoms with Crippen molar-refractivity contribution in [1.29, 1.82) is 0 Å². The molecule has 1 heterocycles. The van der Waals surface area contributed by atoms with Crippen LogP contribution in [0.25, 0.3) is 22.0 Å². The van der Waals surface area contributed by atoms with Gasteiger partial charge in [-0.05, 0) is 66.4 Å². The first kappa shape index (κ1) is 23.4. The Morgan fingerprint density at radius 1 is 1.03 bits per heavy atom. The lowest BCUT2D eigenvalue weighted by Crippen LogP contribution is -2.05. The van der Waals surface area contributed by atoms with Crippen LogP contribution in [0.3, 0.4) is 0 Å². The molecule has 0 aliphatic carbocycles. The highest BCUT2D eigenvalue weighted by Crippen LogP contribution is 2.34. The van der Waals surface area contributed by atoms with E-state index in [-0.39, 0.29) is 13.0 Å². The van der Waals surface area contributed by atoms with Gasteiger partial charge >= 0.3 is 12.1 Å². The summed E-state index contributed by atoms with van der Waals surface area (Å²) in [4.78, 5) is 11.0. The summed E-state index contributed by atoms with van der Waals surface area (Å²) in [6, 6.07) is 16.3. The first-order valence-corrected chi connectivity index (χ1v) is 10.8. The van der Waals surface area contributed by atoms with Crippen LogP contribution in [0.1, 0.15) is 30.0 Å². The van der Waals surface area contributed by atoms with Gasteiger partial charge < -0.3 is 9.84 Å². The quantitative estimate of drug-likeness (QED) is 0.328. The molecule has 176 valence electrons. The Balaban J connectivity index is 1.64. The molecule has 0 aliphatic rings. The molecule has 5 nitrogen and oxygen atoms in total. The largest absolute Gasteiger partial charge is 0.488 e. The molecule has 4 aromatic rings. The summed E-state index contributed by atoms with van der Waals surface area (Å²) >= 11 is 0. The summed E-state index contributed by atoms with van der Waals surface area (Å²) in [6.45, 7) is 2.85. The summed E-state index contributed by atoms with van der Waals surface area (Å²) in [5.41, 5.74) is 3.40. The highest BCUT2D eigenvalue weighted by molar-refractivity contribution is 5.86. The van der Waals surface area contributed by atoms with Crippen molar-refractivity contribution in [2.75, 3.05) is 0 Å². The number of carboxylic acids is 1. The number of ether oxygens (including phenoxy) is 1. The number of benzene rings is 3. The van der Waals surface area contributed by atoms with Gasteiger partial charge in [0, 0.05) is 23.9 Å². The van der Waals surface area contributed by atoms with Crippen LogP contribution in [0.15, 0.2) is 66.9 Å². The van der Waals surface area contributed by atoms with E-state index in [1.165, 1.54) is 12.1 Å². The Morgan fingerprint density at radius 2 is 1.76 bits per heavy atom. The van der Waals surface area contributed by atoms with Gasteiger partial charge in [0.25, 0.3) is 0 Å². The van der Waals surface area contributed by atoms with Gasteiger partial charge in [-0.2, -0.15) is 18.3 Å². The maximum absolute atomic E-state index is 12.8. The molecular formula is C26H23F3N2O3. The molecule has 0 unspecified atom stereocenters. The lowest BCUT2D eigenvalue weighted by molar-refractivity contribution is -0.138. The fourth-order valence-electron chi connectivity index (χ4n) is 3.79. The van der Waals surface area contributed by atoms with Gasteiger partial charge in [0.05, 0.1) is 17.3 Å². The van der Waals surface area contributed by atoms with Crippen LogP contribution in [0.4, 0.5) is 13.2 Å². The average molecular weight is 468 g/mol. The zero-order valence-electron chi connectivity index (χ0n) is 18.5. The molecule has 4 rings (SSSR count). The lowest BCUT2D eigenvalue weighted by atomic mass is 9.98. The van der Waals surface area contributed by atoms with Crippen LogP contribution >= 0.6 is 0 Å². The fraction of sp³-hybridized carbons (Fsp3) is 0.231. The topological polar surface area (TPSA) is 64.4 Å². The first-order valence-electron chi connectivity index (χ1n) is 10.8. The Hall–Kier alpha value is -3.81. The number of hydrogen-bond acceptors (Lipinski definition) is 3. The summed E-state index contributed by atoms with van der Waals surface area (Å²) < 4.78 is 46.4. The number of alkyl halides is 3. The molecule has 8 heteroatoms. The Labute approximate surface area is 194 Å². The summed E-state index contributed by atoms with van der Waals surface area (Å²) in [5, 5.41) is 14.4. The molecule has 1 aromatic heterocycles. The van der Waals surface area contributed by atoms with Crippen LogP contribution in [0.5, 0.6) is 5.75 Å². The molecule has 0 bridgehead atoms. The van der Waals surface area contributed by atoms with E-state index in [0.29, 0.717) is 17.7 Å². The van der Waals surface area contributed by atoms with E-state index >= 15 is 0 Å². The summed E-state index contributed by atoms with van der Waals surface area (Å²) in [6.07, 6.45) is -2.22. The van der Waals surface area contributed by atoms with E-state index in [4.69, 9.17) is 9.84 Å². The van der Waals surface area contributed by atoms with Crippen molar-refractivity contribution in [3.8, 4) is 16.9 Å². The molecule has 0 amide bonds. The number of carbonyl (C=O) groups is 1. The minimum atomic E-state index is -4.39. The number of hydrogen-bond donors (Lipinski definition) is 1. The molecule has 0 fully saturated rings. The van der Waals surface area contributed by atoms with Crippen molar-refractivity contribution in [3.63, 3.8) is 0 Å². The third-order valence-electron chi connectivity index (χ3n) is 5.60. The molecule has 0 atom stereocenters. The van der Waals surface area contributed by atoms with E-state index in [1.807, 2.05) is 41.9 Å². The van der Waals surface area contributed by atoms with Crippen molar-refractivity contribution in [2.24, 2.45) is 0 Å². The lowest BCUT2D eigenvalue weighted by Gasteiger charge is -2.14. The van der Waals surface area contributed by atoms with Gasteiger partial charge in [0.1, 0.15) is 12.4 Å². The number of aryl methyl sites for hydroxylation is 2. The Kier molecular flexibility index (Phi) is 6.58. The number of aromatic nitrogens is 2. The Morgan fingerprint density at radius 3 is 2.44 bits per heavy atom. The molecule has 0 spiro atoms. The van der Waals surface area contributed by atoms with Crippen molar-refractivity contribution < 1.29 is 27.8 Å². The second kappa shape index (κ2) is 9.59. The van der Waals surface area contributed by atoms with Crippen LogP contribution in [0, 0.1) is 0 Å². The van der Waals surface area contributed by atoms with Gasteiger partial charge in [-0.3, -0.25) is 9.48 Å². The van der Waals surface area contributed by atoms with Gasteiger partial charge in [-0.15, -0.1) is 0 Å². The molecule has 34 heavy (non-hydrogen) atoms. The first-order chi connectivity index (χ1) is 16.2. The number of carboxylic acid groups (broad SMARTS) is 1. The van der Waals surface area contributed by atoms with E-state index in [9.17, 15) is 18.0 Å². The van der Waals surface area contributed by atoms with E-state index in [2.05, 4.69) is 5.10 Å². The third kappa shape index (κ3) is 5.22. The zero-order valence-corrected chi connectivity index (χ0v) is 18.5. The van der Waals surface area contributed by atoms with Crippen LogP contribution in [-0.4, -0.2) is 20.9 Å². The minimum absolute atomic E-state index is 0.00744. The second-order valence-electron chi connectivity index (χ2n) is 7.94. The second-order valence-corrected chi connectivity index (χ2v) is 7.94. The highest BCUT2D eigenvalue weighted by Gasteiger charge is 2.29. The maximum atomic E-state index is 12.8. The number of halogens is 3.